The van der Waals surface area contributed by atoms with E-state index in [4.69, 9.17) is 9.84 Å². The van der Waals surface area contributed by atoms with Crippen LogP contribution >= 0.6 is 0 Å². The molecule has 0 atom stereocenters. The highest BCUT2D eigenvalue weighted by Crippen LogP contribution is 2.31. The SMILES string of the molecule is CC1=C(C#N)C(=O)N(CCCOC(C)C)C(=O)/C1=C/c1cn(-c2ccccc2)nc1-c1ccc(C)c(F)c1. The highest BCUT2D eigenvalue weighted by molar-refractivity contribution is 6.19. The van der Waals surface area contributed by atoms with Gasteiger partial charge in [0.15, 0.2) is 0 Å². The van der Waals surface area contributed by atoms with Crippen LogP contribution in [-0.4, -0.2) is 45.8 Å². The monoisotopic (exact) mass is 512 g/mol. The van der Waals surface area contributed by atoms with E-state index in [1.54, 1.807) is 42.9 Å². The molecule has 0 bridgehead atoms. The maximum Gasteiger partial charge on any atom is 0.271 e. The van der Waals surface area contributed by atoms with Crippen molar-refractivity contribution in [2.75, 3.05) is 13.2 Å². The molecule has 0 unspecified atom stereocenters. The van der Waals surface area contributed by atoms with E-state index in [9.17, 15) is 19.2 Å². The summed E-state index contributed by atoms with van der Waals surface area (Å²) < 4.78 is 21.7. The molecule has 38 heavy (non-hydrogen) atoms. The predicted octanol–water partition coefficient (Wildman–Crippen LogP) is 5.39. The number of para-hydroxylation sites is 1. The topological polar surface area (TPSA) is 88.2 Å². The number of halogens is 1. The third-order valence-corrected chi connectivity index (χ3v) is 6.31. The summed E-state index contributed by atoms with van der Waals surface area (Å²) in [5.41, 5.74) is 3.28. The van der Waals surface area contributed by atoms with Crippen LogP contribution in [0.1, 0.15) is 38.3 Å². The van der Waals surface area contributed by atoms with Gasteiger partial charge >= 0.3 is 0 Å². The Morgan fingerprint density at radius 3 is 2.50 bits per heavy atom. The van der Waals surface area contributed by atoms with Crippen LogP contribution < -0.4 is 0 Å². The van der Waals surface area contributed by atoms with Crippen LogP contribution in [0.3, 0.4) is 0 Å². The first-order valence-electron chi connectivity index (χ1n) is 12.4. The Morgan fingerprint density at radius 2 is 1.84 bits per heavy atom. The lowest BCUT2D eigenvalue weighted by Gasteiger charge is -2.27. The van der Waals surface area contributed by atoms with E-state index < -0.39 is 11.8 Å². The van der Waals surface area contributed by atoms with E-state index in [0.29, 0.717) is 41.0 Å². The Bertz CT molecular complexity index is 1480. The zero-order valence-electron chi connectivity index (χ0n) is 21.9. The summed E-state index contributed by atoms with van der Waals surface area (Å²) >= 11 is 0. The van der Waals surface area contributed by atoms with Crippen molar-refractivity contribution in [3.05, 3.63) is 88.4 Å². The number of imide groups is 1. The molecule has 0 aliphatic carbocycles. The second-order valence-electron chi connectivity index (χ2n) is 9.38. The van der Waals surface area contributed by atoms with Gasteiger partial charge in [-0.3, -0.25) is 14.5 Å². The molecular weight excluding hydrogens is 483 g/mol. The Hall–Kier alpha value is -4.35. The van der Waals surface area contributed by atoms with E-state index >= 15 is 0 Å². The molecule has 194 valence electrons. The van der Waals surface area contributed by atoms with Gasteiger partial charge in [-0.1, -0.05) is 30.3 Å². The molecule has 1 aliphatic heterocycles. The first kappa shape index (κ1) is 26.7. The van der Waals surface area contributed by atoms with Crippen LogP contribution in [0.4, 0.5) is 4.39 Å². The van der Waals surface area contributed by atoms with Crippen LogP contribution in [0, 0.1) is 24.1 Å². The maximum absolute atomic E-state index is 14.5. The molecule has 1 aromatic heterocycles. The molecular formula is C30H29FN4O3. The molecule has 7 nitrogen and oxygen atoms in total. The van der Waals surface area contributed by atoms with Gasteiger partial charge in [-0.2, -0.15) is 10.4 Å². The predicted molar refractivity (Wildman–Crippen MR) is 142 cm³/mol. The zero-order valence-corrected chi connectivity index (χ0v) is 21.9. The van der Waals surface area contributed by atoms with E-state index in [1.807, 2.05) is 50.2 Å². The average Bonchev–Trinajstić information content (AvgIpc) is 3.32. The number of benzene rings is 2. The number of aromatic nitrogens is 2. The van der Waals surface area contributed by atoms with Crippen molar-refractivity contribution < 1.29 is 18.7 Å². The van der Waals surface area contributed by atoms with Crippen molar-refractivity contribution in [3.63, 3.8) is 0 Å². The molecule has 0 saturated carbocycles. The van der Waals surface area contributed by atoms with Crippen LogP contribution in [-0.2, 0) is 14.3 Å². The fourth-order valence-corrected chi connectivity index (χ4v) is 4.20. The standard InChI is InChI=1S/C30H29FN4O3/c1-19(2)38-14-8-13-34-29(36)25(21(4)26(17-32)30(34)37)15-23-18-35(24-9-6-5-7-10-24)33-28(23)22-12-11-20(3)27(31)16-22/h5-7,9-12,15-16,18-19H,8,13-14H2,1-4H3/b25-15+. The largest absolute Gasteiger partial charge is 0.379 e. The number of ether oxygens (including phenoxy) is 1. The molecule has 1 aliphatic rings. The zero-order chi connectivity index (χ0) is 27.4. The second kappa shape index (κ2) is 11.4. The maximum atomic E-state index is 14.5. The van der Waals surface area contributed by atoms with Gasteiger partial charge in [-0.15, -0.1) is 0 Å². The molecule has 2 amide bonds. The number of nitriles is 1. The summed E-state index contributed by atoms with van der Waals surface area (Å²) in [6.45, 7) is 7.59. The van der Waals surface area contributed by atoms with Crippen molar-refractivity contribution in [2.45, 2.75) is 40.2 Å². The van der Waals surface area contributed by atoms with Gasteiger partial charge in [-0.05, 0) is 69.5 Å². The van der Waals surface area contributed by atoms with Crippen molar-refractivity contribution in [1.82, 2.24) is 14.7 Å². The third kappa shape index (κ3) is 5.48. The number of hydrogen-bond donors (Lipinski definition) is 0. The Labute approximate surface area is 221 Å². The summed E-state index contributed by atoms with van der Waals surface area (Å²) in [7, 11) is 0. The third-order valence-electron chi connectivity index (χ3n) is 6.31. The molecule has 2 aromatic carbocycles. The number of rotatable bonds is 8. The van der Waals surface area contributed by atoms with Crippen molar-refractivity contribution in [2.24, 2.45) is 0 Å². The normalized spacial score (nSPS) is 15.1. The van der Waals surface area contributed by atoms with E-state index in [1.165, 1.54) is 6.07 Å². The summed E-state index contributed by atoms with van der Waals surface area (Å²) in [6.07, 6.45) is 3.85. The van der Waals surface area contributed by atoms with Crippen molar-refractivity contribution in [3.8, 4) is 23.0 Å². The summed E-state index contributed by atoms with van der Waals surface area (Å²) in [5.74, 6) is -1.48. The van der Waals surface area contributed by atoms with Crippen LogP contribution in [0.5, 0.6) is 0 Å². The molecule has 0 N–H and O–H groups in total. The Morgan fingerprint density at radius 1 is 1.11 bits per heavy atom. The molecule has 2 heterocycles. The first-order chi connectivity index (χ1) is 18.2. The van der Waals surface area contributed by atoms with Gasteiger partial charge in [0, 0.05) is 36.0 Å². The minimum absolute atomic E-state index is 0.0289. The Balaban J connectivity index is 1.81. The molecule has 4 rings (SSSR count). The number of carbonyl (C=O) groups excluding carboxylic acids is 2. The highest BCUT2D eigenvalue weighted by atomic mass is 19.1. The first-order valence-corrected chi connectivity index (χ1v) is 12.4. The number of carbonyl (C=O) groups is 2. The summed E-state index contributed by atoms with van der Waals surface area (Å²) in [4.78, 5) is 27.6. The van der Waals surface area contributed by atoms with Crippen LogP contribution in [0.15, 0.2) is 71.4 Å². The number of hydrogen-bond acceptors (Lipinski definition) is 5. The van der Waals surface area contributed by atoms with Gasteiger partial charge in [0.1, 0.15) is 23.2 Å². The number of aryl methyl sites for hydroxylation is 1. The quantitative estimate of drug-likeness (QED) is 0.229. The highest BCUT2D eigenvalue weighted by Gasteiger charge is 2.35. The van der Waals surface area contributed by atoms with Gasteiger partial charge < -0.3 is 4.74 Å². The van der Waals surface area contributed by atoms with Gasteiger partial charge in [0.05, 0.1) is 11.8 Å². The molecule has 8 heteroatoms. The molecule has 0 fully saturated rings. The number of amides is 2. The fraction of sp³-hybridized carbons (Fsp3) is 0.267. The van der Waals surface area contributed by atoms with E-state index in [2.05, 4.69) is 0 Å². The van der Waals surface area contributed by atoms with Crippen molar-refractivity contribution in [1.29, 1.82) is 5.26 Å². The average molecular weight is 513 g/mol. The minimum atomic E-state index is -0.613. The summed E-state index contributed by atoms with van der Waals surface area (Å²) in [6, 6.07) is 16.2. The molecule has 0 radical (unpaired) electrons. The lowest BCUT2D eigenvalue weighted by molar-refractivity contribution is -0.140. The van der Waals surface area contributed by atoms with E-state index in [0.717, 1.165) is 10.6 Å². The fourth-order valence-electron chi connectivity index (χ4n) is 4.20. The lowest BCUT2D eigenvalue weighted by atomic mass is 9.93. The van der Waals surface area contributed by atoms with Crippen LogP contribution in [0.25, 0.3) is 23.0 Å². The van der Waals surface area contributed by atoms with Crippen molar-refractivity contribution >= 4 is 17.9 Å². The molecule has 0 saturated heterocycles. The molecule has 3 aromatic rings. The van der Waals surface area contributed by atoms with E-state index in [-0.39, 0.29) is 29.6 Å². The lowest BCUT2D eigenvalue weighted by Crippen LogP contribution is -2.43. The summed E-state index contributed by atoms with van der Waals surface area (Å²) in [5, 5.41) is 14.4. The van der Waals surface area contributed by atoms with Crippen LogP contribution in [0.2, 0.25) is 0 Å². The molecule has 0 spiro atoms. The van der Waals surface area contributed by atoms with Gasteiger partial charge in [-0.25, -0.2) is 9.07 Å². The minimum Gasteiger partial charge on any atom is -0.379 e. The number of nitrogens with zero attached hydrogens (tertiary/aromatic N) is 4. The Kier molecular flexibility index (Phi) is 7.99. The van der Waals surface area contributed by atoms with Gasteiger partial charge in [0.25, 0.3) is 11.8 Å². The van der Waals surface area contributed by atoms with Gasteiger partial charge in [0.2, 0.25) is 0 Å². The second-order valence-corrected chi connectivity index (χ2v) is 9.38. The smallest absolute Gasteiger partial charge is 0.271 e.